The number of halogens is 1. The highest BCUT2D eigenvalue weighted by molar-refractivity contribution is 7.89. The Morgan fingerprint density at radius 1 is 1.45 bits per heavy atom. The van der Waals surface area contributed by atoms with Gasteiger partial charge in [0.1, 0.15) is 11.4 Å². The zero-order chi connectivity index (χ0) is 15.5. The second kappa shape index (κ2) is 6.43. The first kappa shape index (κ1) is 16.7. The van der Waals surface area contributed by atoms with Crippen LogP contribution in [-0.2, 0) is 19.6 Å². The number of esters is 1. The van der Waals surface area contributed by atoms with Gasteiger partial charge in [-0.3, -0.25) is 4.79 Å². The fourth-order valence-electron chi connectivity index (χ4n) is 1.62. The van der Waals surface area contributed by atoms with Crippen molar-refractivity contribution < 1.29 is 17.9 Å². The third kappa shape index (κ3) is 3.62. The average Bonchev–Trinajstić information content (AvgIpc) is 2.34. The van der Waals surface area contributed by atoms with Crippen LogP contribution in [0.3, 0.4) is 0 Å². The van der Waals surface area contributed by atoms with Crippen molar-refractivity contribution in [1.29, 1.82) is 0 Å². The van der Waals surface area contributed by atoms with Crippen LogP contribution in [-0.4, -0.2) is 38.4 Å². The van der Waals surface area contributed by atoms with Gasteiger partial charge in [-0.15, -0.1) is 0 Å². The van der Waals surface area contributed by atoms with Crippen molar-refractivity contribution in [3.8, 4) is 0 Å². The van der Waals surface area contributed by atoms with Crippen molar-refractivity contribution in [3.05, 3.63) is 23.2 Å². The minimum atomic E-state index is -3.90. The van der Waals surface area contributed by atoms with Crippen molar-refractivity contribution in [2.24, 2.45) is 0 Å². The lowest BCUT2D eigenvalue weighted by atomic mass is 10.3. The van der Waals surface area contributed by atoms with Crippen molar-refractivity contribution in [1.82, 2.24) is 4.31 Å². The summed E-state index contributed by atoms with van der Waals surface area (Å²) in [4.78, 5) is 11.3. The maximum Gasteiger partial charge on any atom is 0.321 e. The first-order valence-corrected chi connectivity index (χ1v) is 7.65. The summed E-state index contributed by atoms with van der Waals surface area (Å²) in [5.74, 6) is -0.644. The molecule has 1 rings (SSSR count). The summed E-state index contributed by atoms with van der Waals surface area (Å²) in [6.07, 6.45) is 0. The molecule has 0 heterocycles. The van der Waals surface area contributed by atoms with Gasteiger partial charge in [-0.25, -0.2) is 8.42 Å². The molecule has 0 aliphatic rings. The molecule has 1 aromatic carbocycles. The van der Waals surface area contributed by atoms with Gasteiger partial charge in [-0.2, -0.15) is 4.31 Å². The van der Waals surface area contributed by atoms with E-state index in [2.05, 4.69) is 4.74 Å². The number of hydrogen-bond acceptors (Lipinski definition) is 5. The Morgan fingerprint density at radius 2 is 2.05 bits per heavy atom. The van der Waals surface area contributed by atoms with Gasteiger partial charge in [-0.1, -0.05) is 11.6 Å². The summed E-state index contributed by atoms with van der Waals surface area (Å²) in [5.41, 5.74) is 5.74. The van der Waals surface area contributed by atoms with Crippen molar-refractivity contribution in [3.63, 3.8) is 0 Å². The number of ether oxygens (including phenoxy) is 1. The molecule has 0 aliphatic carbocycles. The van der Waals surface area contributed by atoms with Crippen LogP contribution in [0.2, 0.25) is 5.02 Å². The predicted octanol–water partition coefficient (Wildman–Crippen LogP) is 1.49. The summed E-state index contributed by atoms with van der Waals surface area (Å²) in [5, 5.41) is 0.338. The average molecular weight is 321 g/mol. The van der Waals surface area contributed by atoms with Crippen LogP contribution < -0.4 is 5.73 Å². The van der Waals surface area contributed by atoms with Gasteiger partial charge in [0.2, 0.25) is 10.0 Å². The van der Waals surface area contributed by atoms with E-state index in [-0.39, 0.29) is 17.1 Å². The topological polar surface area (TPSA) is 89.7 Å². The van der Waals surface area contributed by atoms with Gasteiger partial charge in [-0.05, 0) is 32.0 Å². The molecule has 0 saturated heterocycles. The second-order valence-electron chi connectivity index (χ2n) is 4.40. The summed E-state index contributed by atoms with van der Waals surface area (Å²) < 4.78 is 30.6. The normalized spacial score (nSPS) is 11.9. The number of carbonyl (C=O) groups excluding carboxylic acids is 1. The summed E-state index contributed by atoms with van der Waals surface area (Å²) in [6.45, 7) is 2.94. The maximum atomic E-state index is 12.6. The number of anilines is 1. The van der Waals surface area contributed by atoms with Crippen molar-refractivity contribution >= 4 is 33.3 Å². The molecule has 0 saturated carbocycles. The largest absolute Gasteiger partial charge is 0.468 e. The zero-order valence-corrected chi connectivity index (χ0v) is 13.0. The monoisotopic (exact) mass is 320 g/mol. The molecule has 112 valence electrons. The van der Waals surface area contributed by atoms with Crippen LogP contribution in [0.4, 0.5) is 5.69 Å². The molecule has 20 heavy (non-hydrogen) atoms. The zero-order valence-electron chi connectivity index (χ0n) is 11.5. The molecule has 2 N–H and O–H groups in total. The van der Waals surface area contributed by atoms with Crippen LogP contribution in [0, 0.1) is 0 Å². The molecule has 0 aliphatic heterocycles. The minimum absolute atomic E-state index is 0.0352. The Hall–Kier alpha value is -1.31. The minimum Gasteiger partial charge on any atom is -0.468 e. The fourth-order valence-corrected chi connectivity index (χ4v) is 3.48. The lowest BCUT2D eigenvalue weighted by Crippen LogP contribution is -2.41. The van der Waals surface area contributed by atoms with Gasteiger partial charge in [0.15, 0.2) is 0 Å². The summed E-state index contributed by atoms with van der Waals surface area (Å²) in [6, 6.07) is 3.68. The molecule has 0 unspecified atom stereocenters. The predicted molar refractivity (Wildman–Crippen MR) is 76.9 cm³/mol. The summed E-state index contributed by atoms with van der Waals surface area (Å²) >= 11 is 5.75. The van der Waals surface area contributed by atoms with Crippen LogP contribution in [0.5, 0.6) is 0 Å². The molecule has 0 radical (unpaired) electrons. The van der Waals surface area contributed by atoms with Crippen LogP contribution in [0.1, 0.15) is 13.8 Å². The van der Waals surface area contributed by atoms with Crippen LogP contribution in [0.25, 0.3) is 0 Å². The third-order valence-electron chi connectivity index (χ3n) is 2.65. The van der Waals surface area contributed by atoms with E-state index in [4.69, 9.17) is 17.3 Å². The number of nitrogens with zero attached hydrogens (tertiary/aromatic N) is 1. The molecule has 0 bridgehead atoms. The molecule has 0 fully saturated rings. The highest BCUT2D eigenvalue weighted by Crippen LogP contribution is 2.26. The summed E-state index contributed by atoms with van der Waals surface area (Å²) in [7, 11) is -2.71. The number of nitrogen functional groups attached to an aromatic ring is 1. The van der Waals surface area contributed by atoms with E-state index in [9.17, 15) is 13.2 Å². The van der Waals surface area contributed by atoms with Gasteiger partial charge in [0.25, 0.3) is 0 Å². The molecular weight excluding hydrogens is 304 g/mol. The van der Waals surface area contributed by atoms with E-state index < -0.39 is 22.0 Å². The number of nitrogens with two attached hydrogens (primary N) is 1. The molecule has 0 amide bonds. The van der Waals surface area contributed by atoms with Crippen LogP contribution in [0.15, 0.2) is 23.1 Å². The Labute approximate surface area is 123 Å². The van der Waals surface area contributed by atoms with Crippen molar-refractivity contribution in [2.75, 3.05) is 19.4 Å². The molecular formula is C12H17ClN2O4S. The van der Waals surface area contributed by atoms with E-state index in [1.54, 1.807) is 13.8 Å². The van der Waals surface area contributed by atoms with E-state index >= 15 is 0 Å². The number of carbonyl (C=O) groups is 1. The Kier molecular flexibility index (Phi) is 5.38. The highest BCUT2D eigenvalue weighted by Gasteiger charge is 2.30. The number of sulfonamides is 1. The van der Waals surface area contributed by atoms with E-state index in [1.807, 2.05) is 0 Å². The Balaban J connectivity index is 3.26. The maximum absolute atomic E-state index is 12.6. The highest BCUT2D eigenvalue weighted by atomic mass is 35.5. The van der Waals surface area contributed by atoms with E-state index in [0.717, 1.165) is 4.31 Å². The lowest BCUT2D eigenvalue weighted by Gasteiger charge is -2.25. The lowest BCUT2D eigenvalue weighted by molar-refractivity contribution is -0.141. The first-order chi connectivity index (χ1) is 9.20. The standard InChI is InChI=1S/C12H17ClN2O4S/c1-8(2)15(7-12(16)19-3)20(17,18)11-5-4-9(13)6-10(11)14/h4-6,8H,7,14H2,1-3H3. The molecule has 8 heteroatoms. The van der Waals surface area contributed by atoms with Gasteiger partial charge in [0, 0.05) is 11.1 Å². The first-order valence-electron chi connectivity index (χ1n) is 5.83. The van der Waals surface area contributed by atoms with Gasteiger partial charge < -0.3 is 10.5 Å². The number of methoxy groups -OCH3 is 1. The second-order valence-corrected chi connectivity index (χ2v) is 6.70. The molecule has 0 spiro atoms. The van der Waals surface area contributed by atoms with Crippen molar-refractivity contribution in [2.45, 2.75) is 24.8 Å². The molecule has 0 atom stereocenters. The number of benzene rings is 1. The fraction of sp³-hybridized carbons (Fsp3) is 0.417. The van der Waals surface area contributed by atoms with E-state index in [1.165, 1.54) is 25.3 Å². The van der Waals surface area contributed by atoms with E-state index in [0.29, 0.717) is 5.02 Å². The quantitative estimate of drug-likeness (QED) is 0.656. The smallest absolute Gasteiger partial charge is 0.321 e. The number of hydrogen-bond donors (Lipinski definition) is 1. The molecule has 6 nitrogen and oxygen atoms in total. The van der Waals surface area contributed by atoms with Gasteiger partial charge >= 0.3 is 5.97 Å². The molecule has 1 aromatic rings. The number of rotatable bonds is 5. The third-order valence-corrected chi connectivity index (χ3v) is 4.98. The van der Waals surface area contributed by atoms with Gasteiger partial charge in [0.05, 0.1) is 12.8 Å². The Morgan fingerprint density at radius 3 is 2.50 bits per heavy atom. The molecule has 0 aromatic heterocycles. The van der Waals surface area contributed by atoms with Crippen LogP contribution >= 0.6 is 11.6 Å². The SMILES string of the molecule is COC(=O)CN(C(C)C)S(=O)(=O)c1ccc(Cl)cc1N. The Bertz CT molecular complexity index is 601.